The van der Waals surface area contributed by atoms with Crippen LogP contribution in [0.4, 0.5) is 5.69 Å². The molecule has 2 N–H and O–H groups in total. The van der Waals surface area contributed by atoms with Crippen molar-refractivity contribution in [3.05, 3.63) is 38.7 Å². The number of halogens is 1. The van der Waals surface area contributed by atoms with E-state index in [9.17, 15) is 9.59 Å². The van der Waals surface area contributed by atoms with Gasteiger partial charge in [0.15, 0.2) is 5.16 Å². The zero-order valence-electron chi connectivity index (χ0n) is 13.5. The van der Waals surface area contributed by atoms with Gasteiger partial charge in [-0.05, 0) is 47.0 Å². The van der Waals surface area contributed by atoms with Crippen LogP contribution in [-0.2, 0) is 16.1 Å². The standard InChI is InChI=1S/C15H19BrN4O3S/c1-10-4-5-12(11(16)8-10)17-13(21)9-24-15-19-18-14(22)20(15)6-3-7-23-2/h4-5,8H,3,6-7,9H2,1-2H3,(H,17,21)(H,18,22). The summed E-state index contributed by atoms with van der Waals surface area (Å²) in [6.45, 7) is 3.03. The number of nitrogens with one attached hydrogen (secondary N) is 2. The van der Waals surface area contributed by atoms with Crippen LogP contribution in [0.5, 0.6) is 0 Å². The first kappa shape index (κ1) is 18.8. The van der Waals surface area contributed by atoms with Crippen LogP contribution >= 0.6 is 27.7 Å². The van der Waals surface area contributed by atoms with E-state index in [1.54, 1.807) is 7.11 Å². The van der Waals surface area contributed by atoms with E-state index in [2.05, 4.69) is 31.4 Å². The van der Waals surface area contributed by atoms with Gasteiger partial charge in [-0.2, -0.15) is 0 Å². The lowest BCUT2D eigenvalue weighted by molar-refractivity contribution is -0.113. The zero-order chi connectivity index (χ0) is 17.5. The number of amides is 1. The van der Waals surface area contributed by atoms with Crippen molar-refractivity contribution in [3.63, 3.8) is 0 Å². The molecule has 0 radical (unpaired) electrons. The van der Waals surface area contributed by atoms with Gasteiger partial charge in [0.1, 0.15) is 0 Å². The van der Waals surface area contributed by atoms with E-state index in [4.69, 9.17) is 4.74 Å². The third-order valence-corrected chi connectivity index (χ3v) is 4.82. The highest BCUT2D eigenvalue weighted by molar-refractivity contribution is 9.10. The summed E-state index contributed by atoms with van der Waals surface area (Å²) in [4.78, 5) is 23.8. The van der Waals surface area contributed by atoms with Crippen LogP contribution in [0.25, 0.3) is 0 Å². The maximum atomic E-state index is 12.1. The van der Waals surface area contributed by atoms with E-state index in [0.29, 0.717) is 30.4 Å². The van der Waals surface area contributed by atoms with Crippen LogP contribution in [0, 0.1) is 6.92 Å². The number of anilines is 1. The van der Waals surface area contributed by atoms with E-state index < -0.39 is 0 Å². The van der Waals surface area contributed by atoms with Gasteiger partial charge in [0.25, 0.3) is 0 Å². The van der Waals surface area contributed by atoms with Gasteiger partial charge in [-0.1, -0.05) is 17.8 Å². The first-order chi connectivity index (χ1) is 11.5. The predicted octanol–water partition coefficient (Wildman–Crippen LogP) is 2.41. The SMILES string of the molecule is COCCCn1c(SCC(=O)Nc2ccc(C)cc2Br)n[nH]c1=O. The van der Waals surface area contributed by atoms with Gasteiger partial charge < -0.3 is 10.1 Å². The number of aromatic nitrogens is 3. The van der Waals surface area contributed by atoms with Gasteiger partial charge >= 0.3 is 5.69 Å². The smallest absolute Gasteiger partial charge is 0.343 e. The fourth-order valence-corrected chi connectivity index (χ4v) is 3.38. The summed E-state index contributed by atoms with van der Waals surface area (Å²) in [6.07, 6.45) is 0.700. The number of H-pyrrole nitrogens is 1. The van der Waals surface area contributed by atoms with Crippen molar-refractivity contribution in [2.75, 3.05) is 24.8 Å². The quantitative estimate of drug-likeness (QED) is 0.511. The van der Waals surface area contributed by atoms with Gasteiger partial charge in [0.05, 0.1) is 11.4 Å². The van der Waals surface area contributed by atoms with Gasteiger partial charge in [0, 0.05) is 24.7 Å². The van der Waals surface area contributed by atoms with Gasteiger partial charge in [0.2, 0.25) is 5.91 Å². The maximum Gasteiger partial charge on any atom is 0.343 e. The van der Waals surface area contributed by atoms with Crippen LogP contribution in [0.1, 0.15) is 12.0 Å². The zero-order valence-corrected chi connectivity index (χ0v) is 15.9. The Kier molecular flexibility index (Phi) is 7.07. The van der Waals surface area contributed by atoms with E-state index in [1.807, 2.05) is 25.1 Å². The Labute approximate surface area is 152 Å². The van der Waals surface area contributed by atoms with Crippen molar-refractivity contribution in [3.8, 4) is 0 Å². The molecule has 2 aromatic rings. The highest BCUT2D eigenvalue weighted by atomic mass is 79.9. The number of aromatic amines is 1. The molecule has 2 rings (SSSR count). The number of nitrogens with zero attached hydrogens (tertiary/aromatic N) is 2. The molecule has 0 aliphatic heterocycles. The Morgan fingerprint density at radius 2 is 2.29 bits per heavy atom. The minimum Gasteiger partial charge on any atom is -0.385 e. The molecule has 0 unspecified atom stereocenters. The summed E-state index contributed by atoms with van der Waals surface area (Å²) in [7, 11) is 1.61. The fourth-order valence-electron chi connectivity index (χ4n) is 2.02. The molecule has 130 valence electrons. The van der Waals surface area contributed by atoms with Crippen LogP contribution in [0.2, 0.25) is 0 Å². The summed E-state index contributed by atoms with van der Waals surface area (Å²) >= 11 is 4.64. The summed E-state index contributed by atoms with van der Waals surface area (Å²) in [5.41, 5.74) is 1.53. The minimum atomic E-state index is -0.282. The predicted molar refractivity (Wildman–Crippen MR) is 97.6 cm³/mol. The molecule has 0 aliphatic rings. The number of carbonyl (C=O) groups is 1. The second kappa shape index (κ2) is 9.05. The number of ether oxygens (including phenoxy) is 1. The highest BCUT2D eigenvalue weighted by Crippen LogP contribution is 2.24. The minimum absolute atomic E-state index is 0.162. The second-order valence-electron chi connectivity index (χ2n) is 5.13. The summed E-state index contributed by atoms with van der Waals surface area (Å²) in [6, 6.07) is 5.70. The summed E-state index contributed by atoms with van der Waals surface area (Å²) in [5.74, 6) is -0.00188. The highest BCUT2D eigenvalue weighted by Gasteiger charge is 2.12. The Bertz CT molecular complexity index is 759. The van der Waals surface area contributed by atoms with Crippen LogP contribution in [-0.4, -0.2) is 40.1 Å². The van der Waals surface area contributed by atoms with E-state index in [0.717, 1.165) is 10.0 Å². The lowest BCUT2D eigenvalue weighted by Crippen LogP contribution is -2.19. The molecule has 0 fully saturated rings. The molecule has 1 heterocycles. The molecule has 7 nitrogen and oxygen atoms in total. The number of carbonyl (C=O) groups excluding carboxylic acids is 1. The van der Waals surface area contributed by atoms with E-state index >= 15 is 0 Å². The van der Waals surface area contributed by atoms with Crippen LogP contribution < -0.4 is 11.0 Å². The lowest BCUT2D eigenvalue weighted by Gasteiger charge is -2.08. The first-order valence-corrected chi connectivity index (χ1v) is 9.12. The molecule has 1 amide bonds. The molecule has 1 aromatic heterocycles. The topological polar surface area (TPSA) is 89.0 Å². The maximum absolute atomic E-state index is 12.1. The van der Waals surface area contributed by atoms with Gasteiger partial charge in [-0.25, -0.2) is 9.89 Å². The Morgan fingerprint density at radius 3 is 3.00 bits per heavy atom. The molecular formula is C15H19BrN4O3S. The van der Waals surface area contributed by atoms with Crippen LogP contribution in [0.3, 0.4) is 0 Å². The summed E-state index contributed by atoms with van der Waals surface area (Å²) in [5, 5.41) is 9.70. The molecule has 0 atom stereocenters. The first-order valence-electron chi connectivity index (χ1n) is 7.34. The number of hydrogen-bond acceptors (Lipinski definition) is 5. The average molecular weight is 415 g/mol. The van der Waals surface area contributed by atoms with Crippen molar-refractivity contribution in [2.45, 2.75) is 25.0 Å². The molecule has 0 saturated carbocycles. The van der Waals surface area contributed by atoms with Crippen molar-refractivity contribution < 1.29 is 9.53 Å². The van der Waals surface area contributed by atoms with Gasteiger partial charge in [-0.15, -0.1) is 5.10 Å². The number of aryl methyl sites for hydroxylation is 1. The molecular weight excluding hydrogens is 396 g/mol. The average Bonchev–Trinajstić information content (AvgIpc) is 2.89. The van der Waals surface area contributed by atoms with E-state index in [-0.39, 0.29) is 17.3 Å². The van der Waals surface area contributed by atoms with E-state index in [1.165, 1.54) is 16.3 Å². The third kappa shape index (κ3) is 5.22. The Balaban J connectivity index is 1.93. The summed E-state index contributed by atoms with van der Waals surface area (Å²) < 4.78 is 7.33. The molecule has 24 heavy (non-hydrogen) atoms. The normalized spacial score (nSPS) is 10.8. The molecule has 0 saturated heterocycles. The number of thioether (sulfide) groups is 1. The van der Waals surface area contributed by atoms with Crippen molar-refractivity contribution in [2.24, 2.45) is 0 Å². The third-order valence-electron chi connectivity index (χ3n) is 3.18. The van der Waals surface area contributed by atoms with Gasteiger partial charge in [-0.3, -0.25) is 9.36 Å². The number of hydrogen-bond donors (Lipinski definition) is 2. The van der Waals surface area contributed by atoms with Crippen molar-refractivity contribution >= 4 is 39.3 Å². The lowest BCUT2D eigenvalue weighted by atomic mass is 10.2. The molecule has 1 aromatic carbocycles. The number of rotatable bonds is 8. The monoisotopic (exact) mass is 414 g/mol. The number of methoxy groups -OCH3 is 1. The Hall–Kier alpha value is -1.58. The van der Waals surface area contributed by atoms with Crippen LogP contribution in [0.15, 0.2) is 32.6 Å². The van der Waals surface area contributed by atoms with Crippen molar-refractivity contribution in [1.29, 1.82) is 0 Å². The molecule has 0 bridgehead atoms. The largest absolute Gasteiger partial charge is 0.385 e. The molecule has 9 heteroatoms. The second-order valence-corrected chi connectivity index (χ2v) is 6.93. The number of benzene rings is 1. The molecule has 0 spiro atoms. The fraction of sp³-hybridized carbons (Fsp3) is 0.400. The molecule has 0 aliphatic carbocycles. The Morgan fingerprint density at radius 1 is 1.50 bits per heavy atom. The van der Waals surface area contributed by atoms with Crippen molar-refractivity contribution in [1.82, 2.24) is 14.8 Å².